The van der Waals surface area contributed by atoms with Crippen LogP contribution in [0.1, 0.15) is 17.0 Å². The van der Waals surface area contributed by atoms with E-state index < -0.39 is 0 Å². The molecule has 1 amide bonds. The number of thioether (sulfide) groups is 1. The molecule has 0 aliphatic carbocycles. The Labute approximate surface area is 184 Å². The van der Waals surface area contributed by atoms with Gasteiger partial charge < -0.3 is 14.0 Å². The number of aryl methyl sites for hydroxylation is 1. The molecule has 0 unspecified atom stereocenters. The van der Waals surface area contributed by atoms with Gasteiger partial charge in [0.1, 0.15) is 23.0 Å². The minimum absolute atomic E-state index is 0.206. The van der Waals surface area contributed by atoms with Gasteiger partial charge in [0.2, 0.25) is 0 Å². The highest BCUT2D eigenvalue weighted by Gasteiger charge is 2.32. The molecule has 0 N–H and O–H groups in total. The van der Waals surface area contributed by atoms with Crippen molar-refractivity contribution in [2.24, 2.45) is 4.99 Å². The number of aliphatic imine (C=N–C) groups is 1. The third-order valence-electron chi connectivity index (χ3n) is 4.59. The predicted molar refractivity (Wildman–Crippen MR) is 121 cm³/mol. The van der Waals surface area contributed by atoms with Gasteiger partial charge in [0.15, 0.2) is 5.17 Å². The molecule has 1 aliphatic rings. The number of benzene rings is 2. The minimum atomic E-state index is -0.206. The first kappa shape index (κ1) is 20.7. The van der Waals surface area contributed by atoms with Gasteiger partial charge in [-0.05, 0) is 42.8 Å². The molecule has 0 atom stereocenters. The largest absolute Gasteiger partial charge is 0.497 e. The first-order valence-corrected chi connectivity index (χ1v) is 10.5. The van der Waals surface area contributed by atoms with E-state index in [1.807, 2.05) is 61.5 Å². The van der Waals surface area contributed by atoms with E-state index in [1.54, 1.807) is 25.2 Å². The molecule has 158 valence electrons. The fraction of sp³-hybridized carbons (Fsp3) is 0.174. The van der Waals surface area contributed by atoms with E-state index in [9.17, 15) is 4.79 Å². The standard InChI is InChI=1S/C23H21N3O4S/c1-15-11-17(25-30-15)14-31-23-24-21(12-16-7-9-19(28-2)10-8-16)22(27)26(23)18-5-4-6-20(13-18)29-3/h4-13H,14H2,1-3H3/b21-12-. The second kappa shape index (κ2) is 9.09. The molecule has 0 saturated carbocycles. The number of ether oxygens (including phenoxy) is 2. The summed E-state index contributed by atoms with van der Waals surface area (Å²) in [5.41, 5.74) is 2.68. The van der Waals surface area contributed by atoms with Crippen molar-refractivity contribution < 1.29 is 18.8 Å². The Morgan fingerprint density at radius 1 is 1.06 bits per heavy atom. The molecule has 1 aliphatic heterocycles. The fourth-order valence-corrected chi connectivity index (χ4v) is 3.95. The number of hydrogen-bond donors (Lipinski definition) is 0. The Morgan fingerprint density at radius 3 is 2.52 bits per heavy atom. The first-order chi connectivity index (χ1) is 15.1. The molecule has 0 radical (unpaired) electrons. The van der Waals surface area contributed by atoms with E-state index >= 15 is 0 Å². The summed E-state index contributed by atoms with van der Waals surface area (Å²) in [6.45, 7) is 1.84. The van der Waals surface area contributed by atoms with Gasteiger partial charge in [0.05, 0.1) is 25.6 Å². The quantitative estimate of drug-likeness (QED) is 0.524. The third kappa shape index (κ3) is 4.64. The zero-order valence-electron chi connectivity index (χ0n) is 17.4. The molecule has 3 aromatic rings. The van der Waals surface area contributed by atoms with Crippen molar-refractivity contribution in [2.75, 3.05) is 19.1 Å². The molecule has 0 saturated heterocycles. The molecule has 4 rings (SSSR count). The van der Waals surface area contributed by atoms with Crippen molar-refractivity contribution >= 4 is 34.6 Å². The summed E-state index contributed by atoms with van der Waals surface area (Å²) < 4.78 is 15.7. The molecule has 1 aromatic heterocycles. The second-order valence-corrected chi connectivity index (χ2v) is 7.70. The van der Waals surface area contributed by atoms with Crippen LogP contribution in [0.2, 0.25) is 0 Å². The minimum Gasteiger partial charge on any atom is -0.497 e. The van der Waals surface area contributed by atoms with E-state index in [1.165, 1.54) is 11.8 Å². The number of hydrogen-bond acceptors (Lipinski definition) is 7. The van der Waals surface area contributed by atoms with Crippen LogP contribution in [-0.2, 0) is 10.5 Å². The monoisotopic (exact) mass is 435 g/mol. The van der Waals surface area contributed by atoms with Crippen LogP contribution < -0.4 is 14.4 Å². The Kier molecular flexibility index (Phi) is 6.08. The SMILES string of the molecule is COc1ccc(/C=C2\N=C(SCc3cc(C)on3)N(c3cccc(OC)c3)C2=O)cc1. The van der Waals surface area contributed by atoms with Crippen LogP contribution in [0, 0.1) is 6.92 Å². The van der Waals surface area contributed by atoms with Crippen LogP contribution in [0.25, 0.3) is 6.08 Å². The lowest BCUT2D eigenvalue weighted by Crippen LogP contribution is -2.30. The number of anilines is 1. The van der Waals surface area contributed by atoms with Crippen molar-refractivity contribution in [1.82, 2.24) is 5.16 Å². The maximum absolute atomic E-state index is 13.3. The Morgan fingerprint density at radius 2 is 1.84 bits per heavy atom. The van der Waals surface area contributed by atoms with Gasteiger partial charge >= 0.3 is 0 Å². The zero-order valence-corrected chi connectivity index (χ0v) is 18.2. The lowest BCUT2D eigenvalue weighted by atomic mass is 10.2. The van der Waals surface area contributed by atoms with Crippen LogP contribution in [0.5, 0.6) is 11.5 Å². The van der Waals surface area contributed by atoms with Crippen LogP contribution in [0.4, 0.5) is 5.69 Å². The summed E-state index contributed by atoms with van der Waals surface area (Å²) in [6.07, 6.45) is 1.77. The average Bonchev–Trinajstić information content (AvgIpc) is 3.35. The summed E-state index contributed by atoms with van der Waals surface area (Å²) in [7, 11) is 3.21. The van der Waals surface area contributed by atoms with Crippen LogP contribution in [0.15, 0.2) is 69.8 Å². The number of amidine groups is 1. The van der Waals surface area contributed by atoms with E-state index in [4.69, 9.17) is 14.0 Å². The Balaban J connectivity index is 1.66. The molecule has 7 nitrogen and oxygen atoms in total. The van der Waals surface area contributed by atoms with Gasteiger partial charge in [0, 0.05) is 17.9 Å². The number of aromatic nitrogens is 1. The van der Waals surface area contributed by atoms with Gasteiger partial charge in [-0.25, -0.2) is 4.99 Å². The summed E-state index contributed by atoms with van der Waals surface area (Å²) >= 11 is 1.42. The Bertz CT molecular complexity index is 1150. The van der Waals surface area contributed by atoms with Gasteiger partial charge in [-0.2, -0.15) is 0 Å². The molecule has 31 heavy (non-hydrogen) atoms. The number of methoxy groups -OCH3 is 2. The summed E-state index contributed by atoms with van der Waals surface area (Å²) in [4.78, 5) is 19.5. The zero-order chi connectivity index (χ0) is 21.8. The maximum Gasteiger partial charge on any atom is 0.283 e. The van der Waals surface area contributed by atoms with E-state index in [0.717, 1.165) is 22.8 Å². The molecule has 2 aromatic carbocycles. The predicted octanol–water partition coefficient (Wildman–Crippen LogP) is 4.68. The smallest absolute Gasteiger partial charge is 0.283 e. The van der Waals surface area contributed by atoms with Crippen molar-refractivity contribution in [2.45, 2.75) is 12.7 Å². The van der Waals surface area contributed by atoms with E-state index in [0.29, 0.717) is 28.1 Å². The highest BCUT2D eigenvalue weighted by molar-refractivity contribution is 8.13. The first-order valence-electron chi connectivity index (χ1n) is 9.55. The normalized spacial score (nSPS) is 14.8. The number of rotatable bonds is 6. The average molecular weight is 436 g/mol. The molecule has 8 heteroatoms. The third-order valence-corrected chi connectivity index (χ3v) is 5.56. The number of carbonyl (C=O) groups is 1. The fourth-order valence-electron chi connectivity index (χ4n) is 3.05. The van der Waals surface area contributed by atoms with E-state index in [-0.39, 0.29) is 5.91 Å². The highest BCUT2D eigenvalue weighted by atomic mass is 32.2. The summed E-state index contributed by atoms with van der Waals surface area (Å²) in [5.74, 6) is 2.47. The molecule has 0 fully saturated rings. The number of amides is 1. The molecular weight excluding hydrogens is 414 g/mol. The van der Waals surface area contributed by atoms with Gasteiger partial charge in [-0.3, -0.25) is 9.69 Å². The lowest BCUT2D eigenvalue weighted by Gasteiger charge is -2.18. The molecule has 0 bridgehead atoms. The second-order valence-electron chi connectivity index (χ2n) is 6.76. The van der Waals surface area contributed by atoms with Crippen LogP contribution in [-0.4, -0.2) is 30.5 Å². The number of nitrogens with zero attached hydrogens (tertiary/aromatic N) is 3. The maximum atomic E-state index is 13.3. The van der Waals surface area contributed by atoms with Crippen molar-refractivity contribution in [3.8, 4) is 11.5 Å². The lowest BCUT2D eigenvalue weighted by molar-refractivity contribution is -0.113. The molecule has 0 spiro atoms. The molecule has 2 heterocycles. The van der Waals surface area contributed by atoms with Gasteiger partial charge in [-0.15, -0.1) is 0 Å². The van der Waals surface area contributed by atoms with Gasteiger partial charge in [-0.1, -0.05) is 35.1 Å². The summed E-state index contributed by atoms with van der Waals surface area (Å²) in [5, 5.41) is 4.59. The highest BCUT2D eigenvalue weighted by Crippen LogP contribution is 2.32. The van der Waals surface area contributed by atoms with Crippen LogP contribution >= 0.6 is 11.8 Å². The topological polar surface area (TPSA) is 77.2 Å². The van der Waals surface area contributed by atoms with Crippen molar-refractivity contribution in [1.29, 1.82) is 0 Å². The summed E-state index contributed by atoms with van der Waals surface area (Å²) in [6, 6.07) is 16.7. The van der Waals surface area contributed by atoms with Crippen LogP contribution in [0.3, 0.4) is 0 Å². The molecular formula is C23H21N3O4S. The van der Waals surface area contributed by atoms with E-state index in [2.05, 4.69) is 10.1 Å². The van der Waals surface area contributed by atoms with Gasteiger partial charge in [0.25, 0.3) is 5.91 Å². The number of carbonyl (C=O) groups excluding carboxylic acids is 1. The Hall–Kier alpha value is -3.52. The van der Waals surface area contributed by atoms with Crippen molar-refractivity contribution in [3.05, 3.63) is 77.3 Å². The van der Waals surface area contributed by atoms with Crippen molar-refractivity contribution in [3.63, 3.8) is 0 Å².